The van der Waals surface area contributed by atoms with Crippen LogP contribution in [0.2, 0.25) is 0 Å². The Hall–Kier alpha value is -2.72. The predicted octanol–water partition coefficient (Wildman–Crippen LogP) is 1.80. The number of fused-ring (bicyclic) bond motifs is 1. The first-order valence-corrected chi connectivity index (χ1v) is 8.59. The van der Waals surface area contributed by atoms with E-state index in [1.165, 1.54) is 0 Å². The Morgan fingerprint density at radius 2 is 2.04 bits per heavy atom. The van der Waals surface area contributed by atoms with Gasteiger partial charge in [0.25, 0.3) is 5.56 Å². The molecule has 2 atom stereocenters. The maximum atomic E-state index is 12.5. The van der Waals surface area contributed by atoms with E-state index in [9.17, 15) is 14.9 Å². The molecule has 1 amide bonds. The summed E-state index contributed by atoms with van der Waals surface area (Å²) in [5, 5.41) is 12.7. The van der Waals surface area contributed by atoms with Crippen molar-refractivity contribution in [2.75, 3.05) is 7.05 Å². The Bertz CT molecular complexity index is 899. The summed E-state index contributed by atoms with van der Waals surface area (Å²) in [6.07, 6.45) is 0. The monoisotopic (exact) mass is 355 g/mol. The van der Waals surface area contributed by atoms with Crippen LogP contribution in [0.15, 0.2) is 29.1 Å². The number of nitrogens with one attached hydrogen (secondary N) is 2. The Labute approximate surface area is 153 Å². The molecule has 0 fully saturated rings. The third-order valence-corrected chi connectivity index (χ3v) is 4.87. The summed E-state index contributed by atoms with van der Waals surface area (Å²) in [5.41, 5.74) is -0.511. The van der Waals surface area contributed by atoms with Gasteiger partial charge >= 0.3 is 0 Å². The van der Waals surface area contributed by atoms with Crippen LogP contribution < -0.4 is 10.9 Å². The molecule has 7 nitrogen and oxygen atoms in total. The molecule has 1 aromatic carbocycles. The van der Waals surface area contributed by atoms with Crippen molar-refractivity contribution in [2.24, 2.45) is 5.92 Å². The molecule has 2 N–H and O–H groups in total. The fourth-order valence-corrected chi connectivity index (χ4v) is 2.44. The van der Waals surface area contributed by atoms with E-state index in [4.69, 9.17) is 0 Å². The van der Waals surface area contributed by atoms with E-state index in [0.29, 0.717) is 23.3 Å². The fourth-order valence-electron chi connectivity index (χ4n) is 2.44. The Morgan fingerprint density at radius 3 is 2.65 bits per heavy atom. The van der Waals surface area contributed by atoms with Gasteiger partial charge in [-0.2, -0.15) is 5.26 Å². The second-order valence-corrected chi connectivity index (χ2v) is 7.08. The molecule has 0 saturated heterocycles. The predicted molar refractivity (Wildman–Crippen MR) is 100 cm³/mol. The summed E-state index contributed by atoms with van der Waals surface area (Å²) in [5.74, 6) is 0.226. The van der Waals surface area contributed by atoms with Gasteiger partial charge in [-0.05, 0) is 38.9 Å². The first-order chi connectivity index (χ1) is 12.2. The third-order valence-electron chi connectivity index (χ3n) is 4.87. The van der Waals surface area contributed by atoms with Crippen LogP contribution in [0.4, 0.5) is 0 Å². The van der Waals surface area contributed by atoms with Crippen molar-refractivity contribution in [1.82, 2.24) is 20.2 Å². The quantitative estimate of drug-likeness (QED) is 0.823. The van der Waals surface area contributed by atoms with Gasteiger partial charge in [-0.25, -0.2) is 4.98 Å². The minimum atomic E-state index is -0.929. The van der Waals surface area contributed by atoms with Crippen LogP contribution >= 0.6 is 0 Å². The molecule has 7 heteroatoms. The number of para-hydroxylation sites is 1. The van der Waals surface area contributed by atoms with Crippen LogP contribution in [0, 0.1) is 17.2 Å². The van der Waals surface area contributed by atoms with Crippen LogP contribution in [0.1, 0.15) is 33.5 Å². The number of rotatable bonds is 6. The van der Waals surface area contributed by atoms with Crippen molar-refractivity contribution >= 4 is 16.8 Å². The molecular formula is C19H25N5O2. The Kier molecular flexibility index (Phi) is 5.78. The Morgan fingerprint density at radius 1 is 1.38 bits per heavy atom. The van der Waals surface area contributed by atoms with Gasteiger partial charge in [0.15, 0.2) is 0 Å². The van der Waals surface area contributed by atoms with E-state index in [-0.39, 0.29) is 17.4 Å². The zero-order chi connectivity index (χ0) is 19.5. The number of nitrogens with zero attached hydrogens (tertiary/aromatic N) is 3. The second-order valence-electron chi connectivity index (χ2n) is 7.08. The summed E-state index contributed by atoms with van der Waals surface area (Å²) in [7, 11) is 1.78. The van der Waals surface area contributed by atoms with E-state index in [1.54, 1.807) is 44.0 Å². The molecule has 0 radical (unpaired) electrons. The van der Waals surface area contributed by atoms with E-state index in [1.807, 2.05) is 19.9 Å². The molecule has 138 valence electrons. The zero-order valence-electron chi connectivity index (χ0n) is 15.8. The van der Waals surface area contributed by atoms with Gasteiger partial charge < -0.3 is 10.3 Å². The average Bonchev–Trinajstić information content (AvgIpc) is 2.60. The van der Waals surface area contributed by atoms with Crippen LogP contribution in [0.25, 0.3) is 10.9 Å². The number of hydrogen-bond donors (Lipinski definition) is 2. The number of hydrogen-bond acceptors (Lipinski definition) is 5. The topological polar surface area (TPSA) is 102 Å². The highest BCUT2D eigenvalue weighted by Crippen LogP contribution is 2.16. The van der Waals surface area contributed by atoms with E-state index in [2.05, 4.69) is 21.4 Å². The lowest BCUT2D eigenvalue weighted by molar-refractivity contribution is -0.127. The zero-order valence-corrected chi connectivity index (χ0v) is 15.8. The first kappa shape index (κ1) is 19.6. The molecule has 1 heterocycles. The van der Waals surface area contributed by atoms with Crippen molar-refractivity contribution in [3.05, 3.63) is 40.4 Å². The first-order valence-electron chi connectivity index (χ1n) is 8.59. The summed E-state index contributed by atoms with van der Waals surface area (Å²) in [6.45, 7) is 7.56. The van der Waals surface area contributed by atoms with E-state index >= 15 is 0 Å². The molecule has 0 aliphatic carbocycles. The number of amides is 1. The van der Waals surface area contributed by atoms with Gasteiger partial charge in [-0.15, -0.1) is 0 Å². The van der Waals surface area contributed by atoms with Gasteiger partial charge in [-0.3, -0.25) is 14.5 Å². The molecule has 2 rings (SSSR count). The number of likely N-dealkylation sites (N-methyl/N-ethyl adjacent to an activating group) is 1. The molecular weight excluding hydrogens is 330 g/mol. The summed E-state index contributed by atoms with van der Waals surface area (Å²) in [4.78, 5) is 33.7. The smallest absolute Gasteiger partial charge is 0.258 e. The number of benzene rings is 1. The highest BCUT2D eigenvalue weighted by molar-refractivity contribution is 5.82. The van der Waals surface area contributed by atoms with Gasteiger partial charge in [0.1, 0.15) is 11.4 Å². The SMILES string of the molecule is CC(C)[C@@](C)(C#N)NC(=O)[C@@H](C)N(C)Cc1nc2ccccc2c(=O)[nH]1. The largest absolute Gasteiger partial charge is 0.336 e. The molecule has 26 heavy (non-hydrogen) atoms. The molecule has 2 aromatic rings. The standard InChI is InChI=1S/C19H25N5O2/c1-12(2)19(4,11-20)23-17(25)13(3)24(5)10-16-21-15-9-7-6-8-14(15)18(26)22-16/h6-9,12-13H,10H2,1-5H3,(H,23,25)(H,21,22,26)/t13-,19-/m1/s1. The Balaban J connectivity index is 2.14. The van der Waals surface area contributed by atoms with Crippen LogP contribution in [0.5, 0.6) is 0 Å². The third kappa shape index (κ3) is 4.09. The highest BCUT2D eigenvalue weighted by atomic mass is 16.2. The van der Waals surface area contributed by atoms with Crippen LogP contribution in [-0.4, -0.2) is 39.4 Å². The van der Waals surface area contributed by atoms with Crippen molar-refractivity contribution in [3.63, 3.8) is 0 Å². The number of H-pyrrole nitrogens is 1. The minimum Gasteiger partial charge on any atom is -0.336 e. The highest BCUT2D eigenvalue weighted by Gasteiger charge is 2.32. The summed E-state index contributed by atoms with van der Waals surface area (Å²) >= 11 is 0. The number of nitriles is 1. The summed E-state index contributed by atoms with van der Waals surface area (Å²) in [6, 6.07) is 8.80. The number of aromatic amines is 1. The number of aromatic nitrogens is 2. The van der Waals surface area contributed by atoms with Crippen LogP contribution in [0.3, 0.4) is 0 Å². The van der Waals surface area contributed by atoms with Crippen molar-refractivity contribution in [1.29, 1.82) is 5.26 Å². The van der Waals surface area contributed by atoms with Crippen molar-refractivity contribution < 1.29 is 4.79 Å². The molecule has 0 unspecified atom stereocenters. The second kappa shape index (κ2) is 7.67. The number of carbonyl (C=O) groups excluding carboxylic acids is 1. The van der Waals surface area contributed by atoms with Gasteiger partial charge in [-0.1, -0.05) is 26.0 Å². The van der Waals surface area contributed by atoms with Gasteiger partial charge in [0.05, 0.1) is 29.6 Å². The van der Waals surface area contributed by atoms with E-state index in [0.717, 1.165) is 0 Å². The normalized spacial score (nSPS) is 14.8. The molecule has 0 saturated carbocycles. The minimum absolute atomic E-state index is 0.0209. The van der Waals surface area contributed by atoms with Crippen molar-refractivity contribution in [2.45, 2.75) is 45.8 Å². The van der Waals surface area contributed by atoms with Crippen LogP contribution in [-0.2, 0) is 11.3 Å². The maximum Gasteiger partial charge on any atom is 0.258 e. The molecule has 0 bridgehead atoms. The van der Waals surface area contributed by atoms with E-state index < -0.39 is 11.6 Å². The fraction of sp³-hybridized carbons (Fsp3) is 0.474. The number of carbonyl (C=O) groups is 1. The average molecular weight is 355 g/mol. The molecule has 0 aliphatic rings. The molecule has 1 aromatic heterocycles. The lowest BCUT2D eigenvalue weighted by atomic mass is 9.90. The summed E-state index contributed by atoms with van der Waals surface area (Å²) < 4.78 is 0. The van der Waals surface area contributed by atoms with Crippen molar-refractivity contribution in [3.8, 4) is 6.07 Å². The molecule has 0 aliphatic heterocycles. The lowest BCUT2D eigenvalue weighted by Crippen LogP contribution is -2.54. The molecule has 0 spiro atoms. The maximum absolute atomic E-state index is 12.5. The van der Waals surface area contributed by atoms with Gasteiger partial charge in [0, 0.05) is 0 Å². The lowest BCUT2D eigenvalue weighted by Gasteiger charge is -2.31. The van der Waals surface area contributed by atoms with Gasteiger partial charge in [0.2, 0.25) is 5.91 Å².